The molecule has 4 rings (SSSR count). The van der Waals surface area contributed by atoms with Crippen LogP contribution in [-0.2, 0) is 11.3 Å². The third-order valence-corrected chi connectivity index (χ3v) is 5.23. The van der Waals surface area contributed by atoms with Crippen molar-refractivity contribution in [2.45, 2.75) is 32.7 Å². The van der Waals surface area contributed by atoms with Crippen molar-refractivity contribution in [1.82, 2.24) is 25.4 Å². The second-order valence-electron chi connectivity index (χ2n) is 7.86. The molecule has 0 unspecified atom stereocenters. The molecule has 0 saturated carbocycles. The van der Waals surface area contributed by atoms with Gasteiger partial charge in [0.25, 0.3) is 5.91 Å². The lowest BCUT2D eigenvalue weighted by molar-refractivity contribution is -0.122. The Balaban J connectivity index is 1.53. The molecule has 0 saturated heterocycles. The number of aromatic nitrogens is 3. The van der Waals surface area contributed by atoms with Crippen LogP contribution in [0.4, 0.5) is 0 Å². The number of amides is 2. The average molecular weight is 450 g/mol. The molecule has 1 aliphatic heterocycles. The number of para-hydroxylation sites is 2. The summed E-state index contributed by atoms with van der Waals surface area (Å²) in [6.07, 6.45) is 4.00. The van der Waals surface area contributed by atoms with Gasteiger partial charge < -0.3 is 19.7 Å². The summed E-state index contributed by atoms with van der Waals surface area (Å²) in [4.78, 5) is 31.9. The lowest BCUT2D eigenvalue weighted by Crippen LogP contribution is -2.41. The van der Waals surface area contributed by atoms with E-state index in [0.717, 1.165) is 30.7 Å². The van der Waals surface area contributed by atoms with Crippen molar-refractivity contribution in [3.8, 4) is 17.4 Å². The predicted molar refractivity (Wildman–Crippen MR) is 121 cm³/mol. The molecular formula is C24H27N5O4. The van der Waals surface area contributed by atoms with Gasteiger partial charge in [-0.05, 0) is 56.5 Å². The van der Waals surface area contributed by atoms with E-state index in [2.05, 4.69) is 20.5 Å². The molecular weight excluding hydrogens is 422 g/mol. The van der Waals surface area contributed by atoms with Crippen LogP contribution < -0.4 is 14.8 Å². The molecule has 0 aliphatic carbocycles. The first kappa shape index (κ1) is 22.3. The summed E-state index contributed by atoms with van der Waals surface area (Å²) in [6, 6.07) is 12.5. The molecule has 1 aromatic carbocycles. The molecule has 33 heavy (non-hydrogen) atoms. The number of benzene rings is 1. The van der Waals surface area contributed by atoms with Crippen molar-refractivity contribution >= 4 is 11.8 Å². The van der Waals surface area contributed by atoms with Crippen LogP contribution >= 0.6 is 0 Å². The molecule has 172 valence electrons. The second-order valence-corrected chi connectivity index (χ2v) is 7.86. The SMILES string of the molecule is Cc1cc(CNC(=O)CN2CCCCCOc3ccccc3Oc3ncccc3C2=O)n[nH]1. The Bertz CT molecular complexity index is 1110. The highest BCUT2D eigenvalue weighted by Crippen LogP contribution is 2.32. The topological polar surface area (TPSA) is 109 Å². The van der Waals surface area contributed by atoms with Gasteiger partial charge in [0.15, 0.2) is 11.5 Å². The van der Waals surface area contributed by atoms with Crippen molar-refractivity contribution in [3.05, 3.63) is 65.6 Å². The third-order valence-electron chi connectivity index (χ3n) is 5.23. The number of aromatic amines is 1. The second kappa shape index (κ2) is 10.6. The number of hydrogen-bond donors (Lipinski definition) is 2. The fourth-order valence-corrected chi connectivity index (χ4v) is 3.56. The minimum atomic E-state index is -0.304. The maximum absolute atomic E-state index is 13.4. The van der Waals surface area contributed by atoms with Gasteiger partial charge in [0.05, 0.1) is 25.4 Å². The Kier molecular flexibility index (Phi) is 7.19. The highest BCUT2D eigenvalue weighted by Gasteiger charge is 2.24. The van der Waals surface area contributed by atoms with E-state index < -0.39 is 0 Å². The molecule has 2 N–H and O–H groups in total. The summed E-state index contributed by atoms with van der Waals surface area (Å²) < 4.78 is 11.9. The number of carbonyl (C=O) groups excluding carboxylic acids is 2. The average Bonchev–Trinajstić information content (AvgIpc) is 3.25. The largest absolute Gasteiger partial charge is 0.490 e. The number of hydrogen-bond acceptors (Lipinski definition) is 6. The van der Waals surface area contributed by atoms with Crippen LogP contribution in [0.2, 0.25) is 0 Å². The Morgan fingerprint density at radius 3 is 2.82 bits per heavy atom. The van der Waals surface area contributed by atoms with Gasteiger partial charge in [0.1, 0.15) is 5.56 Å². The van der Waals surface area contributed by atoms with Crippen LogP contribution in [0, 0.1) is 6.92 Å². The summed E-state index contributed by atoms with van der Waals surface area (Å²) in [6.45, 7) is 3.10. The molecule has 0 radical (unpaired) electrons. The summed E-state index contributed by atoms with van der Waals surface area (Å²) in [5, 5.41) is 9.80. The van der Waals surface area contributed by atoms with Crippen LogP contribution in [0.1, 0.15) is 41.0 Å². The molecule has 9 nitrogen and oxygen atoms in total. The van der Waals surface area contributed by atoms with Crippen molar-refractivity contribution in [1.29, 1.82) is 0 Å². The molecule has 0 atom stereocenters. The summed E-state index contributed by atoms with van der Waals surface area (Å²) in [5.41, 5.74) is 1.95. The van der Waals surface area contributed by atoms with E-state index in [0.29, 0.717) is 36.8 Å². The summed E-state index contributed by atoms with van der Waals surface area (Å²) in [7, 11) is 0. The fourth-order valence-electron chi connectivity index (χ4n) is 3.56. The molecule has 2 amide bonds. The normalized spacial score (nSPS) is 14.5. The fraction of sp³-hybridized carbons (Fsp3) is 0.333. The number of fused-ring (bicyclic) bond motifs is 2. The zero-order valence-electron chi connectivity index (χ0n) is 18.5. The Labute approximate surface area is 192 Å². The van der Waals surface area contributed by atoms with Gasteiger partial charge in [-0.2, -0.15) is 5.10 Å². The zero-order valence-corrected chi connectivity index (χ0v) is 18.5. The monoisotopic (exact) mass is 449 g/mol. The Morgan fingerprint density at radius 1 is 1.15 bits per heavy atom. The highest BCUT2D eigenvalue weighted by molar-refractivity contribution is 5.98. The molecule has 3 aromatic rings. The quantitative estimate of drug-likeness (QED) is 0.633. The van der Waals surface area contributed by atoms with Crippen molar-refractivity contribution in [2.75, 3.05) is 19.7 Å². The Morgan fingerprint density at radius 2 is 2.00 bits per heavy atom. The molecule has 0 fully saturated rings. The maximum atomic E-state index is 13.4. The molecule has 0 spiro atoms. The van der Waals surface area contributed by atoms with Gasteiger partial charge in [-0.1, -0.05) is 12.1 Å². The summed E-state index contributed by atoms with van der Waals surface area (Å²) >= 11 is 0. The standard InChI is InChI=1S/C24H27N5O4/c1-17-14-18(28-27-17)15-26-22(30)16-29-12-5-2-6-13-32-20-9-3-4-10-21(20)33-23-19(24(29)31)8-7-11-25-23/h3-4,7-11,14H,2,5-6,12-13,15-16H2,1H3,(H,26,30)(H,27,28). The van der Waals surface area contributed by atoms with E-state index in [1.807, 2.05) is 31.2 Å². The first-order chi connectivity index (χ1) is 16.1. The van der Waals surface area contributed by atoms with Gasteiger partial charge in [-0.3, -0.25) is 14.7 Å². The molecule has 2 aromatic heterocycles. The highest BCUT2D eigenvalue weighted by atomic mass is 16.5. The van der Waals surface area contributed by atoms with Gasteiger partial charge in [-0.25, -0.2) is 4.98 Å². The van der Waals surface area contributed by atoms with Crippen molar-refractivity contribution in [2.24, 2.45) is 0 Å². The molecule has 1 aliphatic rings. The number of carbonyl (C=O) groups is 2. The van der Waals surface area contributed by atoms with E-state index in [1.165, 1.54) is 0 Å². The van der Waals surface area contributed by atoms with Gasteiger partial charge >= 0.3 is 0 Å². The number of aryl methyl sites for hydroxylation is 1. The van der Waals surface area contributed by atoms with Crippen LogP contribution in [0.15, 0.2) is 48.7 Å². The number of pyridine rings is 1. The van der Waals surface area contributed by atoms with E-state index >= 15 is 0 Å². The molecule has 0 bridgehead atoms. The van der Waals surface area contributed by atoms with E-state index in [4.69, 9.17) is 9.47 Å². The number of H-pyrrole nitrogens is 1. The summed E-state index contributed by atoms with van der Waals surface area (Å²) in [5.74, 6) is 0.707. The van der Waals surface area contributed by atoms with E-state index in [-0.39, 0.29) is 24.2 Å². The molecule has 3 heterocycles. The van der Waals surface area contributed by atoms with Crippen LogP contribution in [0.25, 0.3) is 0 Å². The van der Waals surface area contributed by atoms with Gasteiger partial charge in [0, 0.05) is 18.4 Å². The zero-order chi connectivity index (χ0) is 23.0. The number of ether oxygens (including phenoxy) is 2. The van der Waals surface area contributed by atoms with Crippen LogP contribution in [-0.4, -0.2) is 51.6 Å². The van der Waals surface area contributed by atoms with E-state index in [1.54, 1.807) is 29.3 Å². The minimum absolute atomic E-state index is 0.0658. The lowest BCUT2D eigenvalue weighted by Gasteiger charge is -2.23. The number of nitrogens with one attached hydrogen (secondary N) is 2. The smallest absolute Gasteiger partial charge is 0.259 e. The first-order valence-corrected chi connectivity index (χ1v) is 11.0. The van der Waals surface area contributed by atoms with E-state index in [9.17, 15) is 9.59 Å². The minimum Gasteiger partial charge on any atom is -0.490 e. The third kappa shape index (κ3) is 5.88. The number of rotatable bonds is 4. The van der Waals surface area contributed by atoms with Crippen molar-refractivity contribution in [3.63, 3.8) is 0 Å². The Hall–Kier alpha value is -3.88. The maximum Gasteiger partial charge on any atom is 0.259 e. The van der Waals surface area contributed by atoms with Gasteiger partial charge in [-0.15, -0.1) is 0 Å². The van der Waals surface area contributed by atoms with Gasteiger partial charge in [0.2, 0.25) is 11.8 Å². The number of nitrogens with zero attached hydrogens (tertiary/aromatic N) is 3. The van der Waals surface area contributed by atoms with Crippen LogP contribution in [0.5, 0.6) is 17.4 Å². The first-order valence-electron chi connectivity index (χ1n) is 11.0. The van der Waals surface area contributed by atoms with Crippen LogP contribution in [0.3, 0.4) is 0 Å². The van der Waals surface area contributed by atoms with Crippen molar-refractivity contribution < 1.29 is 19.1 Å². The molecule has 9 heteroatoms. The predicted octanol–water partition coefficient (Wildman–Crippen LogP) is 3.23. The lowest BCUT2D eigenvalue weighted by atomic mass is 10.2.